The minimum atomic E-state index is -0.355. The summed E-state index contributed by atoms with van der Waals surface area (Å²) in [6, 6.07) is 21.8. The predicted octanol–water partition coefficient (Wildman–Crippen LogP) is 3.30. The molecular formula is C20H25O2P. The van der Waals surface area contributed by atoms with Gasteiger partial charge in [-0.1, -0.05) is 60.7 Å². The molecule has 3 atom stereocenters. The summed E-state index contributed by atoms with van der Waals surface area (Å²) >= 11 is 0. The third-order valence-corrected chi connectivity index (χ3v) is 7.78. The van der Waals surface area contributed by atoms with Crippen molar-refractivity contribution in [3.05, 3.63) is 60.7 Å². The van der Waals surface area contributed by atoms with E-state index in [4.69, 9.17) is 9.84 Å². The molecule has 0 radical (unpaired) electrons. The zero-order valence-electron chi connectivity index (χ0n) is 13.6. The van der Waals surface area contributed by atoms with Gasteiger partial charge in [-0.15, -0.1) is 0 Å². The van der Waals surface area contributed by atoms with Gasteiger partial charge in [0, 0.05) is 0 Å². The summed E-state index contributed by atoms with van der Waals surface area (Å²) < 4.78 is 5.81. The molecule has 0 spiro atoms. The summed E-state index contributed by atoms with van der Waals surface area (Å²) in [5, 5.41) is 11.9. The summed E-state index contributed by atoms with van der Waals surface area (Å²) in [6.07, 6.45) is 2.72. The van der Waals surface area contributed by atoms with E-state index in [2.05, 4.69) is 67.6 Å². The number of benzene rings is 2. The highest BCUT2D eigenvalue weighted by Crippen LogP contribution is 2.53. The first-order valence-electron chi connectivity index (χ1n) is 8.43. The second kappa shape index (κ2) is 8.06. The van der Waals surface area contributed by atoms with E-state index in [1.807, 2.05) is 0 Å². The third kappa shape index (κ3) is 3.83. The molecule has 1 aliphatic rings. The molecule has 23 heavy (non-hydrogen) atoms. The van der Waals surface area contributed by atoms with Gasteiger partial charge < -0.3 is 9.84 Å². The zero-order chi connectivity index (χ0) is 16.1. The Morgan fingerprint density at radius 2 is 1.57 bits per heavy atom. The molecule has 1 saturated carbocycles. The molecular weight excluding hydrogens is 303 g/mol. The Morgan fingerprint density at radius 3 is 2.00 bits per heavy atom. The maximum atomic E-state index is 9.00. The van der Waals surface area contributed by atoms with E-state index >= 15 is 0 Å². The Bertz CT molecular complexity index is 548. The lowest BCUT2D eigenvalue weighted by Gasteiger charge is -2.45. The van der Waals surface area contributed by atoms with E-state index in [0.29, 0.717) is 18.2 Å². The van der Waals surface area contributed by atoms with Crippen molar-refractivity contribution < 1.29 is 9.84 Å². The molecule has 0 amide bonds. The van der Waals surface area contributed by atoms with Gasteiger partial charge in [-0.05, 0) is 49.9 Å². The molecule has 2 nitrogen and oxygen atoms in total. The largest absolute Gasteiger partial charge is 0.394 e. The topological polar surface area (TPSA) is 29.5 Å². The van der Waals surface area contributed by atoms with E-state index in [-0.39, 0.29) is 20.6 Å². The van der Waals surface area contributed by atoms with Crippen LogP contribution in [0.25, 0.3) is 0 Å². The molecule has 3 rings (SSSR count). The maximum Gasteiger partial charge on any atom is 0.0701 e. The second-order valence-electron chi connectivity index (χ2n) is 6.15. The van der Waals surface area contributed by atoms with Crippen LogP contribution in [0.1, 0.15) is 19.8 Å². The molecule has 1 N–H and O–H groups in total. The number of aliphatic hydroxyl groups is 1. The van der Waals surface area contributed by atoms with Crippen LogP contribution in [0.15, 0.2) is 60.7 Å². The fourth-order valence-electron chi connectivity index (χ4n) is 3.45. The summed E-state index contributed by atoms with van der Waals surface area (Å²) in [4.78, 5) is 0. The van der Waals surface area contributed by atoms with E-state index in [1.54, 1.807) is 0 Å². The standard InChI is InChI=1S/C20H25O2P/c1-16(22-15-14-21)19-12-13-20(19)23(17-8-4-2-5-9-17)18-10-6-3-7-11-18/h2-11,16,19-21H,12-15H2,1H3. The molecule has 3 unspecified atom stereocenters. The smallest absolute Gasteiger partial charge is 0.0701 e. The third-order valence-electron chi connectivity index (χ3n) is 4.77. The lowest BCUT2D eigenvalue weighted by molar-refractivity contribution is -0.0137. The molecule has 1 aliphatic carbocycles. The Kier molecular flexibility index (Phi) is 5.83. The van der Waals surface area contributed by atoms with E-state index in [1.165, 1.54) is 23.5 Å². The number of ether oxygens (including phenoxy) is 1. The first kappa shape index (κ1) is 16.6. The first-order valence-corrected chi connectivity index (χ1v) is 9.84. The molecule has 0 bridgehead atoms. The van der Waals surface area contributed by atoms with Crippen LogP contribution in [0.4, 0.5) is 0 Å². The van der Waals surface area contributed by atoms with Crippen LogP contribution in [0.2, 0.25) is 0 Å². The van der Waals surface area contributed by atoms with Gasteiger partial charge in [-0.3, -0.25) is 0 Å². The summed E-state index contributed by atoms with van der Waals surface area (Å²) in [6.45, 7) is 2.71. The monoisotopic (exact) mass is 328 g/mol. The van der Waals surface area contributed by atoms with Crippen molar-refractivity contribution in [3.8, 4) is 0 Å². The molecule has 0 saturated heterocycles. The van der Waals surface area contributed by atoms with Crippen LogP contribution >= 0.6 is 7.92 Å². The first-order chi connectivity index (χ1) is 11.3. The van der Waals surface area contributed by atoms with Crippen LogP contribution in [0.3, 0.4) is 0 Å². The van der Waals surface area contributed by atoms with Crippen LogP contribution in [0, 0.1) is 5.92 Å². The van der Waals surface area contributed by atoms with Crippen molar-refractivity contribution in [3.63, 3.8) is 0 Å². The molecule has 122 valence electrons. The Hall–Kier alpha value is -1.21. The van der Waals surface area contributed by atoms with Gasteiger partial charge >= 0.3 is 0 Å². The van der Waals surface area contributed by atoms with Crippen molar-refractivity contribution in [2.45, 2.75) is 31.5 Å². The van der Waals surface area contributed by atoms with Crippen LogP contribution in [0.5, 0.6) is 0 Å². The fourth-order valence-corrected chi connectivity index (χ4v) is 6.68. The number of rotatable bonds is 7. The SMILES string of the molecule is CC(OCCO)C1CCC1P(c1ccccc1)c1ccccc1. The minimum absolute atomic E-state index is 0.105. The number of hydrogen-bond acceptors (Lipinski definition) is 2. The van der Waals surface area contributed by atoms with E-state index < -0.39 is 0 Å². The van der Waals surface area contributed by atoms with Gasteiger partial charge in [0.25, 0.3) is 0 Å². The highest BCUT2D eigenvalue weighted by Gasteiger charge is 2.41. The molecule has 0 aromatic heterocycles. The average Bonchev–Trinajstić information content (AvgIpc) is 2.58. The average molecular weight is 328 g/mol. The molecule has 0 heterocycles. The highest BCUT2D eigenvalue weighted by molar-refractivity contribution is 7.73. The van der Waals surface area contributed by atoms with Gasteiger partial charge in [0.1, 0.15) is 0 Å². The van der Waals surface area contributed by atoms with Crippen molar-refractivity contribution in [1.82, 2.24) is 0 Å². The van der Waals surface area contributed by atoms with Gasteiger partial charge in [-0.2, -0.15) is 0 Å². The molecule has 1 fully saturated rings. The van der Waals surface area contributed by atoms with Crippen molar-refractivity contribution in [1.29, 1.82) is 0 Å². The predicted molar refractivity (Wildman–Crippen MR) is 98.1 cm³/mol. The second-order valence-corrected chi connectivity index (χ2v) is 8.59. The Morgan fingerprint density at radius 1 is 1.00 bits per heavy atom. The molecule has 2 aromatic rings. The van der Waals surface area contributed by atoms with Crippen LogP contribution in [-0.2, 0) is 4.74 Å². The van der Waals surface area contributed by atoms with Crippen LogP contribution in [-0.4, -0.2) is 30.1 Å². The molecule has 2 aromatic carbocycles. The Balaban J connectivity index is 1.85. The molecule has 3 heteroatoms. The van der Waals surface area contributed by atoms with Crippen molar-refractivity contribution >= 4 is 18.5 Å². The Labute approximate surface area is 140 Å². The van der Waals surface area contributed by atoms with Crippen molar-refractivity contribution in [2.24, 2.45) is 5.92 Å². The lowest BCUT2D eigenvalue weighted by Crippen LogP contribution is -2.42. The van der Waals surface area contributed by atoms with Gasteiger partial charge in [0.05, 0.1) is 19.3 Å². The number of aliphatic hydroxyl groups excluding tert-OH is 1. The van der Waals surface area contributed by atoms with Crippen LogP contribution < -0.4 is 10.6 Å². The van der Waals surface area contributed by atoms with Gasteiger partial charge in [-0.25, -0.2) is 0 Å². The van der Waals surface area contributed by atoms with Gasteiger partial charge in [0.15, 0.2) is 0 Å². The lowest BCUT2D eigenvalue weighted by atomic mass is 9.81. The zero-order valence-corrected chi connectivity index (χ0v) is 14.5. The maximum absolute atomic E-state index is 9.00. The van der Waals surface area contributed by atoms with Crippen molar-refractivity contribution in [2.75, 3.05) is 13.2 Å². The summed E-state index contributed by atoms with van der Waals surface area (Å²) in [5.74, 6) is 0.591. The molecule has 0 aliphatic heterocycles. The van der Waals surface area contributed by atoms with Gasteiger partial charge in [0.2, 0.25) is 0 Å². The normalized spacial score (nSPS) is 21.9. The summed E-state index contributed by atoms with van der Waals surface area (Å²) in [5.41, 5.74) is 0.670. The summed E-state index contributed by atoms with van der Waals surface area (Å²) in [7, 11) is -0.355. The van der Waals surface area contributed by atoms with E-state index in [9.17, 15) is 0 Å². The highest BCUT2D eigenvalue weighted by atomic mass is 31.1. The number of hydrogen-bond donors (Lipinski definition) is 1. The van der Waals surface area contributed by atoms with E-state index in [0.717, 1.165) is 0 Å². The minimum Gasteiger partial charge on any atom is -0.394 e. The fraction of sp³-hybridized carbons (Fsp3) is 0.400. The quantitative estimate of drug-likeness (QED) is 0.790.